The van der Waals surface area contributed by atoms with Crippen molar-refractivity contribution in [1.29, 1.82) is 0 Å². The highest BCUT2D eigenvalue weighted by molar-refractivity contribution is 6.13. The maximum Gasteiger partial charge on any atom is 0.435 e. The first kappa shape index (κ1) is 99.9. The summed E-state index contributed by atoms with van der Waals surface area (Å²) in [5, 5.41) is 9.19. The maximum absolute atomic E-state index is 14.2. The number of rotatable bonds is 17. The number of piperazine rings is 1. The standard InChI is InChI=1S/C21H22F4N4.C20H19F6N3.C20H20F5N3O.C20H19F4N3O.C17H16FN5.CH4/c1-13-10-18-16(11-17(13)22)15-4-5-26-20(21(23,24)25)19(15)29(18)9-8-28-7-6-27(3)14(2)12-28;1-12-10-16-14(11-15(12)21)13-2-5-27-18(20(24,25)26)17(13)29(16)9-8-28-6-3-19(22,23)4-7-28;1-11-7-17-15(8-16(11)22)14-3-4-26-19(20(23,24)25)18(14)28(17)6-5-27-9-13(10-27)29-12(2)21;1-11-6-17-15(8-16(11)21)14-2-3-25-19(20(22,23)24)18(14)27(17)5-4-26-9-13-7-12(26)10-28-13;1-11-7-16-14(8-15(11)18)13-3-4-20-12(2)17(13)23(16)6-5-22-10-19-9-21-22;/h4-5,10-11H,2,6-9,12H2,1,3H3;2,5,10-11H,3-4,6-9H2,1H3;3-4,7-8,12-13H,5-6,9-10H2,1-2H3;2-3,6,8,12-13H,4-5,7,9-10H2,1H3;3-4,7-10H,5-6H2,1-2H3;1H4. The highest BCUT2D eigenvalue weighted by atomic mass is 19.4. The smallest absolute Gasteiger partial charge is 0.376 e. The summed E-state index contributed by atoms with van der Waals surface area (Å²) in [5.41, 5.74) is 4.31. The normalized spacial score (nSPS) is 17.3. The lowest BCUT2D eigenvalue weighted by atomic mass is 10.1. The third-order valence-corrected chi connectivity index (χ3v) is 26.7. The molecule has 5 aromatic carbocycles. The summed E-state index contributed by atoms with van der Waals surface area (Å²) in [4.78, 5) is 33.0. The van der Waals surface area contributed by atoms with Gasteiger partial charge in [-0.05, 0) is 174 Å². The van der Waals surface area contributed by atoms with E-state index in [4.69, 9.17) is 9.47 Å². The zero-order valence-corrected chi connectivity index (χ0v) is 76.2. The Hall–Kier alpha value is -12.1. The number of pyridine rings is 5. The predicted molar refractivity (Wildman–Crippen MR) is 492 cm³/mol. The van der Waals surface area contributed by atoms with E-state index in [1.807, 2.05) is 35.9 Å². The number of hydrogen-bond acceptors (Lipinski definition) is 14. The summed E-state index contributed by atoms with van der Waals surface area (Å²) in [6.07, 6.45) is -9.92. The number of nitrogens with zero attached hydrogens (tertiary/aromatic N) is 18. The first-order valence-electron chi connectivity index (χ1n) is 44.9. The van der Waals surface area contributed by atoms with Gasteiger partial charge in [0.25, 0.3) is 5.92 Å². The monoisotopic (exact) mass is 1950 g/mol. The molecule has 0 aliphatic carbocycles. The molecular formula is C99H100F20N18O2. The van der Waals surface area contributed by atoms with Gasteiger partial charge in [0.2, 0.25) is 0 Å². The predicted octanol–water partition coefficient (Wildman–Crippen LogP) is 22.5. The minimum Gasteiger partial charge on any atom is -0.376 e. The molecule has 20 nitrogen and oxygen atoms in total. The van der Waals surface area contributed by atoms with Crippen LogP contribution in [-0.2, 0) is 73.4 Å². The van der Waals surface area contributed by atoms with E-state index >= 15 is 0 Å². The molecule has 0 amide bonds. The molecular weight excluding hydrogens is 1850 g/mol. The van der Waals surface area contributed by atoms with Gasteiger partial charge in [-0.15, -0.1) is 0 Å². The third kappa shape index (κ3) is 20.4. The van der Waals surface area contributed by atoms with Crippen molar-refractivity contribution in [2.24, 2.45) is 0 Å². The van der Waals surface area contributed by atoms with Crippen LogP contribution < -0.4 is 0 Å². The van der Waals surface area contributed by atoms with Crippen LogP contribution in [0.1, 0.15) is 89.9 Å². The Balaban J connectivity index is 0.000000125. The number of piperidine rings is 1. The van der Waals surface area contributed by atoms with Crippen molar-refractivity contribution < 1.29 is 97.3 Å². The topological polar surface area (TPSA) is 154 Å². The molecule has 5 aliphatic rings. The van der Waals surface area contributed by atoms with Crippen molar-refractivity contribution in [2.45, 2.75) is 170 Å². The van der Waals surface area contributed by atoms with Gasteiger partial charge in [-0.1, -0.05) is 14.0 Å². The number of likely N-dealkylation sites (N-methyl/N-ethyl adjacent to an activating group) is 1. The van der Waals surface area contributed by atoms with Gasteiger partial charge < -0.3 is 42.1 Å². The number of likely N-dealkylation sites (tertiary alicyclic amines) is 3. The highest BCUT2D eigenvalue weighted by Crippen LogP contribution is 2.46. The van der Waals surface area contributed by atoms with Crippen LogP contribution in [0.3, 0.4) is 0 Å². The maximum atomic E-state index is 14.2. The fourth-order valence-electron chi connectivity index (χ4n) is 19.5. The number of aromatic nitrogens is 13. The van der Waals surface area contributed by atoms with E-state index in [1.54, 1.807) is 89.8 Å². The third-order valence-electron chi connectivity index (χ3n) is 26.7. The van der Waals surface area contributed by atoms with Gasteiger partial charge in [-0.2, -0.15) is 57.8 Å². The van der Waals surface area contributed by atoms with Crippen LogP contribution in [0.5, 0.6) is 0 Å². The van der Waals surface area contributed by atoms with E-state index in [-0.39, 0.29) is 91.9 Å². The average molecular weight is 1950 g/mol. The van der Waals surface area contributed by atoms with Gasteiger partial charge in [0, 0.05) is 255 Å². The second-order valence-corrected chi connectivity index (χ2v) is 35.9. The number of aryl methyl sites for hydroxylation is 8. The van der Waals surface area contributed by atoms with E-state index in [0.717, 1.165) is 90.6 Å². The van der Waals surface area contributed by atoms with Crippen LogP contribution in [0, 0.1) is 70.6 Å². The quantitative estimate of drug-likeness (QED) is 0.0794. The fraction of sp³-hybridized carbons (Fsp3) is 0.404. The summed E-state index contributed by atoms with van der Waals surface area (Å²) in [6, 6.07) is 23.3. The second kappa shape index (κ2) is 39.2. The van der Waals surface area contributed by atoms with Gasteiger partial charge in [0.05, 0.1) is 58.6 Å². The zero-order chi connectivity index (χ0) is 98.4. The lowest BCUT2D eigenvalue weighted by Gasteiger charge is -2.39. The molecule has 5 saturated heterocycles. The van der Waals surface area contributed by atoms with Gasteiger partial charge >= 0.3 is 24.7 Å². The minimum atomic E-state index is -4.67. The van der Waals surface area contributed by atoms with Crippen molar-refractivity contribution in [1.82, 2.24) is 87.0 Å². The highest BCUT2D eigenvalue weighted by Gasteiger charge is 2.44. The summed E-state index contributed by atoms with van der Waals surface area (Å²) in [6.45, 7) is 25.2. The first-order valence-corrected chi connectivity index (χ1v) is 44.9. The molecule has 3 unspecified atom stereocenters. The van der Waals surface area contributed by atoms with Crippen LogP contribution in [-0.4, -0.2) is 210 Å². The number of morpholine rings is 1. The van der Waals surface area contributed by atoms with Gasteiger partial charge in [0.15, 0.2) is 29.1 Å². The van der Waals surface area contributed by atoms with Gasteiger partial charge in [-0.25, -0.2) is 60.0 Å². The molecule has 16 heterocycles. The molecule has 139 heavy (non-hydrogen) atoms. The Labute approximate surface area is 784 Å². The van der Waals surface area contributed by atoms with Crippen molar-refractivity contribution in [3.05, 3.63) is 232 Å². The van der Waals surface area contributed by atoms with Crippen LogP contribution in [0.4, 0.5) is 87.8 Å². The average Bonchev–Trinajstić information content (AvgIpc) is 1.66. The van der Waals surface area contributed by atoms with E-state index in [1.165, 1.54) is 72.4 Å². The lowest BCUT2D eigenvalue weighted by Crippen LogP contribution is -2.53. The lowest BCUT2D eigenvalue weighted by molar-refractivity contribution is -0.140. The van der Waals surface area contributed by atoms with Crippen LogP contribution in [0.25, 0.3) is 109 Å². The molecule has 0 spiro atoms. The Morgan fingerprint density at radius 3 is 1.12 bits per heavy atom. The molecule has 0 radical (unpaired) electrons. The van der Waals surface area contributed by atoms with Crippen molar-refractivity contribution >= 4 is 109 Å². The molecule has 738 valence electrons. The minimum absolute atomic E-state index is 0. The molecule has 11 aromatic heterocycles. The first-order chi connectivity index (χ1) is 65.4. The van der Waals surface area contributed by atoms with E-state index in [0.29, 0.717) is 166 Å². The van der Waals surface area contributed by atoms with Crippen molar-refractivity contribution in [3.63, 3.8) is 0 Å². The summed E-state index contributed by atoms with van der Waals surface area (Å²) in [7, 11) is 1.98. The molecule has 5 aliphatic heterocycles. The van der Waals surface area contributed by atoms with E-state index in [2.05, 4.69) is 60.8 Å². The summed E-state index contributed by atoms with van der Waals surface area (Å²) < 4.78 is 295. The molecule has 5 fully saturated rings. The number of alkyl halides is 15. The fourth-order valence-corrected chi connectivity index (χ4v) is 19.5. The molecule has 0 N–H and O–H groups in total. The SMILES string of the molecule is C.C=C1CN(CCn2c3cc(C)c(F)cc3c3ccnc(C(F)(F)F)c32)CCN1C.Cc1cc2c(cc1F)c1ccnc(C(F)(F)F)c1n2CCN1CC(OC(C)F)C1.Cc1cc2c(cc1F)c1ccnc(C(F)(F)F)c1n2CCN1CC2CC1CO2.Cc1cc2c(cc1F)c1ccnc(C(F)(F)F)c1n2CCN1CCC(F)(F)CC1.Cc1cc2c(cc1F)c1ccnc(C)c1n2CCn1cncn1. The van der Waals surface area contributed by atoms with Crippen molar-refractivity contribution in [3.8, 4) is 0 Å². The van der Waals surface area contributed by atoms with Gasteiger partial charge in [0.1, 0.15) is 41.7 Å². The number of fused-ring (bicyclic) bond motifs is 17. The summed E-state index contributed by atoms with van der Waals surface area (Å²) >= 11 is 0. The molecule has 0 saturated carbocycles. The Morgan fingerprint density at radius 1 is 0.432 bits per heavy atom. The molecule has 16 aromatic rings. The van der Waals surface area contributed by atoms with Crippen LogP contribution >= 0.6 is 0 Å². The Bertz CT molecular complexity index is 7280. The molecule has 40 heteroatoms. The Morgan fingerprint density at radius 2 is 0.777 bits per heavy atom. The number of hydrogen-bond donors (Lipinski definition) is 0. The largest absolute Gasteiger partial charge is 0.435 e. The van der Waals surface area contributed by atoms with E-state index < -0.39 is 83.0 Å². The van der Waals surface area contributed by atoms with E-state index in [9.17, 15) is 87.8 Å². The molecule has 21 rings (SSSR count). The number of halogens is 20. The van der Waals surface area contributed by atoms with Gasteiger partial charge in [-0.3, -0.25) is 24.4 Å². The summed E-state index contributed by atoms with van der Waals surface area (Å²) in [5.74, 6) is -4.69. The Kier molecular flexibility index (Phi) is 28.1. The zero-order valence-electron chi connectivity index (χ0n) is 76.2. The van der Waals surface area contributed by atoms with Crippen molar-refractivity contribution in [2.75, 3.05) is 92.2 Å². The van der Waals surface area contributed by atoms with Crippen LogP contribution in [0.2, 0.25) is 0 Å². The second-order valence-electron chi connectivity index (χ2n) is 35.9. The van der Waals surface area contributed by atoms with Crippen LogP contribution in [0.15, 0.2) is 147 Å². The molecule has 3 atom stereocenters. The molecule has 2 bridgehead atoms. The number of benzene rings is 5. The number of ether oxygens (including phenoxy) is 2.